The topological polar surface area (TPSA) is 128 Å². The van der Waals surface area contributed by atoms with Crippen molar-refractivity contribution in [3.8, 4) is 0 Å². The summed E-state index contributed by atoms with van der Waals surface area (Å²) in [7, 11) is 1.89. The Hall–Kier alpha value is -1.81. The Bertz CT molecular complexity index is 706. The van der Waals surface area contributed by atoms with E-state index in [1.54, 1.807) is 11.8 Å². The summed E-state index contributed by atoms with van der Waals surface area (Å²) in [5, 5.41) is 14.8. The minimum Gasteiger partial charge on any atom is -0.356 e. The van der Waals surface area contributed by atoms with Crippen LogP contribution in [0.4, 0.5) is 0 Å². The molecule has 9 nitrogen and oxygen atoms in total. The van der Waals surface area contributed by atoms with Crippen LogP contribution in [-0.4, -0.2) is 73.9 Å². The van der Waals surface area contributed by atoms with Gasteiger partial charge in [-0.15, -0.1) is 0 Å². The van der Waals surface area contributed by atoms with Gasteiger partial charge in [0.2, 0.25) is 23.6 Å². The third kappa shape index (κ3) is 21.9. The highest BCUT2D eigenvalue weighted by molar-refractivity contribution is 7.98. The van der Waals surface area contributed by atoms with E-state index in [2.05, 4.69) is 46.7 Å². The van der Waals surface area contributed by atoms with E-state index >= 15 is 0 Å². The Morgan fingerprint density at radius 2 is 1.18 bits per heavy atom. The van der Waals surface area contributed by atoms with Crippen LogP contribution in [0.25, 0.3) is 0 Å². The summed E-state index contributed by atoms with van der Waals surface area (Å²) < 4.78 is 0. The second-order valence-corrected chi connectivity index (χ2v) is 12.4. The predicted octanol–water partition coefficient (Wildman–Crippen LogP) is 3.91. The molecule has 0 aromatic heterocycles. The Kier molecular flexibility index (Phi) is 23.8. The number of amides is 4. The Labute approximate surface area is 248 Å². The normalized spacial score (nSPS) is 12.7. The molecule has 0 heterocycles. The minimum absolute atomic E-state index is 0.0358. The van der Waals surface area contributed by atoms with Crippen molar-refractivity contribution in [3.05, 3.63) is 0 Å². The molecule has 5 N–H and O–H groups in total. The van der Waals surface area contributed by atoms with Gasteiger partial charge in [0.25, 0.3) is 0 Å². The fraction of sp³-hybridized carbons (Fsp3) is 0.867. The maximum absolute atomic E-state index is 13.3. The van der Waals surface area contributed by atoms with Crippen LogP contribution in [0.5, 0.6) is 0 Å². The largest absolute Gasteiger partial charge is 0.356 e. The summed E-state index contributed by atoms with van der Waals surface area (Å²) in [5.74, 6) is 1.05. The highest BCUT2D eigenvalue weighted by Gasteiger charge is 2.26. The van der Waals surface area contributed by atoms with Gasteiger partial charge in [-0.05, 0) is 103 Å². The van der Waals surface area contributed by atoms with Gasteiger partial charge in [-0.1, -0.05) is 26.7 Å². The van der Waals surface area contributed by atoms with Crippen LogP contribution in [0, 0.1) is 5.92 Å². The van der Waals surface area contributed by atoms with Crippen molar-refractivity contribution in [2.75, 3.05) is 32.1 Å². The van der Waals surface area contributed by atoms with E-state index in [1.807, 2.05) is 20.9 Å². The molecule has 0 saturated carbocycles. The maximum Gasteiger partial charge on any atom is 0.243 e. The van der Waals surface area contributed by atoms with Gasteiger partial charge in [-0.25, -0.2) is 0 Å². The summed E-state index contributed by atoms with van der Waals surface area (Å²) in [6, 6.07) is -1.40. The molecule has 4 amide bonds. The fourth-order valence-corrected chi connectivity index (χ4v) is 4.76. The van der Waals surface area contributed by atoms with Crippen molar-refractivity contribution < 1.29 is 19.2 Å². The molecule has 0 aromatic rings. The number of rotatable bonds is 25. The van der Waals surface area contributed by atoms with Crippen LogP contribution >= 0.6 is 11.8 Å². The molecule has 0 rings (SSSR count). The van der Waals surface area contributed by atoms with Crippen molar-refractivity contribution in [2.24, 2.45) is 5.92 Å². The Balaban J connectivity index is 5.04. The van der Waals surface area contributed by atoms with Crippen molar-refractivity contribution in [3.63, 3.8) is 0 Å². The molecular weight excluding hydrogens is 526 g/mol. The van der Waals surface area contributed by atoms with E-state index in [1.165, 1.54) is 0 Å². The van der Waals surface area contributed by atoms with Gasteiger partial charge >= 0.3 is 0 Å². The summed E-state index contributed by atoms with van der Waals surface area (Å²) in [6.07, 6.45) is 11.8. The molecule has 2 unspecified atom stereocenters. The van der Waals surface area contributed by atoms with Crippen molar-refractivity contribution in [1.29, 1.82) is 0 Å². The van der Waals surface area contributed by atoms with Crippen LogP contribution < -0.4 is 26.6 Å². The van der Waals surface area contributed by atoms with Crippen LogP contribution in [-0.2, 0) is 19.2 Å². The van der Waals surface area contributed by atoms with E-state index in [0.29, 0.717) is 51.0 Å². The first-order valence-corrected chi connectivity index (χ1v) is 16.8. The van der Waals surface area contributed by atoms with Crippen LogP contribution in [0.1, 0.15) is 111 Å². The number of carbonyl (C=O) groups is 4. The third-order valence-corrected chi connectivity index (χ3v) is 7.26. The molecule has 10 heteroatoms. The van der Waals surface area contributed by atoms with Crippen LogP contribution in [0.3, 0.4) is 0 Å². The molecule has 0 aliphatic heterocycles. The van der Waals surface area contributed by atoms with E-state index < -0.39 is 12.1 Å². The summed E-state index contributed by atoms with van der Waals surface area (Å²) in [6.45, 7) is 9.50. The van der Waals surface area contributed by atoms with Crippen molar-refractivity contribution >= 4 is 35.4 Å². The number of nitrogens with one attached hydrogen (secondary N) is 5. The van der Waals surface area contributed by atoms with E-state index in [9.17, 15) is 19.2 Å². The monoisotopic (exact) mass is 585 g/mol. The Morgan fingerprint density at radius 3 is 1.77 bits per heavy atom. The lowest BCUT2D eigenvalue weighted by molar-refractivity contribution is -0.132. The number of hydrogen-bond donors (Lipinski definition) is 5. The van der Waals surface area contributed by atoms with Gasteiger partial charge in [0.05, 0.1) is 0 Å². The molecular formula is C30H59N5O4S. The van der Waals surface area contributed by atoms with E-state index in [4.69, 9.17) is 0 Å². The smallest absolute Gasteiger partial charge is 0.243 e. The average molecular weight is 586 g/mol. The zero-order chi connectivity index (χ0) is 30.2. The van der Waals surface area contributed by atoms with Gasteiger partial charge in [0.1, 0.15) is 12.1 Å². The molecule has 2 atom stereocenters. The lowest BCUT2D eigenvalue weighted by Crippen LogP contribution is -2.54. The molecule has 0 radical (unpaired) electrons. The third-order valence-electron chi connectivity index (χ3n) is 6.56. The van der Waals surface area contributed by atoms with Gasteiger partial charge in [-0.2, -0.15) is 11.8 Å². The zero-order valence-corrected chi connectivity index (χ0v) is 27.0. The Morgan fingerprint density at radius 1 is 0.625 bits per heavy atom. The SMILES string of the molecule is CNCCCCC(NC(=O)C(CCCCNC(=O)CCCCSC)NC(=O)CCCCC(C)C)C(=O)NC(C)C. The summed E-state index contributed by atoms with van der Waals surface area (Å²) >= 11 is 1.79. The van der Waals surface area contributed by atoms with E-state index in [0.717, 1.165) is 57.2 Å². The van der Waals surface area contributed by atoms with Crippen molar-refractivity contribution in [2.45, 2.75) is 129 Å². The first-order valence-electron chi connectivity index (χ1n) is 15.4. The van der Waals surface area contributed by atoms with Crippen LogP contribution in [0.15, 0.2) is 0 Å². The highest BCUT2D eigenvalue weighted by Crippen LogP contribution is 2.10. The minimum atomic E-state index is -0.716. The summed E-state index contributed by atoms with van der Waals surface area (Å²) in [4.78, 5) is 50.9. The first-order chi connectivity index (χ1) is 19.1. The van der Waals surface area contributed by atoms with Gasteiger partial charge < -0.3 is 26.6 Å². The quantitative estimate of drug-likeness (QED) is 0.103. The molecule has 0 saturated heterocycles. The predicted molar refractivity (Wildman–Crippen MR) is 167 cm³/mol. The molecule has 0 spiro atoms. The number of carbonyl (C=O) groups excluding carboxylic acids is 4. The fourth-order valence-electron chi connectivity index (χ4n) is 4.27. The summed E-state index contributed by atoms with van der Waals surface area (Å²) in [5.41, 5.74) is 0. The van der Waals surface area contributed by atoms with Gasteiger partial charge in [0, 0.05) is 25.4 Å². The second kappa shape index (κ2) is 24.9. The van der Waals surface area contributed by atoms with Gasteiger partial charge in [0.15, 0.2) is 0 Å². The van der Waals surface area contributed by atoms with Gasteiger partial charge in [-0.3, -0.25) is 19.2 Å². The molecule has 0 bridgehead atoms. The highest BCUT2D eigenvalue weighted by atomic mass is 32.2. The molecule has 234 valence electrons. The standard InChI is InChI=1S/C30H59N5O4S/c1-23(2)15-7-8-19-28(37)34-25(16-10-13-21-32-27(36)18-11-14-22-40-6)30(39)35-26(17-9-12-20-31-5)29(38)33-24(3)4/h23-26,31H,7-22H2,1-6H3,(H,32,36)(H,33,38)(H,34,37)(H,35,39). The van der Waals surface area contributed by atoms with Crippen molar-refractivity contribution in [1.82, 2.24) is 26.6 Å². The lowest BCUT2D eigenvalue weighted by Gasteiger charge is -2.24. The molecule has 0 aliphatic carbocycles. The zero-order valence-electron chi connectivity index (χ0n) is 26.2. The number of unbranched alkanes of at least 4 members (excludes halogenated alkanes) is 4. The van der Waals surface area contributed by atoms with E-state index in [-0.39, 0.29) is 29.7 Å². The average Bonchev–Trinajstić information content (AvgIpc) is 2.89. The van der Waals surface area contributed by atoms with Crippen LogP contribution in [0.2, 0.25) is 0 Å². The number of hydrogen-bond acceptors (Lipinski definition) is 6. The molecule has 0 aliphatic rings. The molecule has 0 aromatic carbocycles. The molecule has 40 heavy (non-hydrogen) atoms. The lowest BCUT2D eigenvalue weighted by atomic mass is 10.0. The molecule has 0 fully saturated rings. The maximum atomic E-state index is 13.3. The number of thioether (sulfide) groups is 1. The second-order valence-electron chi connectivity index (χ2n) is 11.4. The first kappa shape index (κ1) is 38.2.